The van der Waals surface area contributed by atoms with Crippen LogP contribution in [0.1, 0.15) is 15.9 Å². The average Bonchev–Trinajstić information content (AvgIpc) is 2.55. The Labute approximate surface area is 99.1 Å². The first-order chi connectivity index (χ1) is 7.60. The molecular weight excluding hydrogens is 284 g/mol. The van der Waals surface area contributed by atoms with Crippen LogP contribution < -0.4 is 4.74 Å². The zero-order chi connectivity index (χ0) is 11.9. The van der Waals surface area contributed by atoms with Crippen LogP contribution in [0.2, 0.25) is 0 Å². The van der Waals surface area contributed by atoms with Crippen LogP contribution in [0.15, 0.2) is 6.07 Å². The molecule has 0 saturated heterocycles. The van der Waals surface area contributed by atoms with Gasteiger partial charge in [0.05, 0.1) is 18.1 Å². The molecule has 0 saturated carbocycles. The number of alkyl halides is 1. The first kappa shape index (κ1) is 11.3. The van der Waals surface area contributed by atoms with Gasteiger partial charge in [-0.05, 0) is 11.6 Å². The van der Waals surface area contributed by atoms with E-state index < -0.39 is 23.3 Å². The van der Waals surface area contributed by atoms with E-state index >= 15 is 0 Å². The fourth-order valence-corrected chi connectivity index (χ4v) is 2.13. The number of carbonyl (C=O) groups excluding carboxylic acids is 1. The third-order valence-corrected chi connectivity index (χ3v) is 3.07. The molecule has 3 nitrogen and oxygen atoms in total. The van der Waals surface area contributed by atoms with Gasteiger partial charge in [-0.25, -0.2) is 8.78 Å². The lowest BCUT2D eigenvalue weighted by molar-refractivity contribution is 0.0806. The molecule has 0 unspecified atom stereocenters. The Kier molecular flexibility index (Phi) is 2.84. The highest BCUT2D eigenvalue weighted by atomic mass is 79.9. The van der Waals surface area contributed by atoms with Crippen molar-refractivity contribution < 1.29 is 18.3 Å². The predicted molar refractivity (Wildman–Crippen MR) is 56.6 cm³/mol. The number of rotatable bonds is 2. The normalized spacial score (nSPS) is 14.2. The van der Waals surface area contributed by atoms with E-state index in [0.29, 0.717) is 5.56 Å². The lowest BCUT2D eigenvalue weighted by atomic mass is 10.1. The van der Waals surface area contributed by atoms with Crippen molar-refractivity contribution in [2.75, 3.05) is 12.6 Å². The maximum Gasteiger partial charge on any atom is 0.258 e. The quantitative estimate of drug-likeness (QED) is 0.618. The molecule has 86 valence electrons. The van der Waals surface area contributed by atoms with E-state index in [1.54, 1.807) is 0 Å². The average molecular weight is 292 g/mol. The van der Waals surface area contributed by atoms with Gasteiger partial charge in [0.2, 0.25) is 0 Å². The summed E-state index contributed by atoms with van der Waals surface area (Å²) in [5.74, 6) is -2.68. The van der Waals surface area contributed by atoms with E-state index in [1.165, 1.54) is 4.90 Å². The van der Waals surface area contributed by atoms with Gasteiger partial charge in [-0.1, -0.05) is 15.9 Å². The fraction of sp³-hybridized carbons (Fsp3) is 0.300. The lowest BCUT2D eigenvalue weighted by Crippen LogP contribution is -2.22. The Morgan fingerprint density at radius 2 is 2.25 bits per heavy atom. The minimum atomic E-state index is -0.925. The molecule has 1 aromatic rings. The van der Waals surface area contributed by atoms with Crippen molar-refractivity contribution in [3.8, 4) is 5.75 Å². The van der Waals surface area contributed by atoms with Gasteiger partial charge in [-0.2, -0.15) is 0 Å². The van der Waals surface area contributed by atoms with Gasteiger partial charge >= 0.3 is 0 Å². The molecule has 16 heavy (non-hydrogen) atoms. The molecule has 6 heteroatoms. The number of benzene rings is 1. The standard InChI is InChI=1S/C10H8BrF2NO2/c1-16-9-6(12)2-5-3-14(4-11)10(15)7(5)8(9)13/h2H,3-4H2,1H3. The van der Waals surface area contributed by atoms with Crippen LogP contribution in [0, 0.1) is 11.6 Å². The van der Waals surface area contributed by atoms with Gasteiger partial charge in [0.15, 0.2) is 17.4 Å². The second-order valence-corrected chi connectivity index (χ2v) is 3.86. The van der Waals surface area contributed by atoms with Crippen molar-refractivity contribution in [1.82, 2.24) is 4.90 Å². The number of carbonyl (C=O) groups is 1. The molecule has 1 heterocycles. The van der Waals surface area contributed by atoms with Gasteiger partial charge < -0.3 is 9.64 Å². The van der Waals surface area contributed by atoms with Crippen molar-refractivity contribution in [2.45, 2.75) is 6.54 Å². The van der Waals surface area contributed by atoms with Gasteiger partial charge in [0.25, 0.3) is 5.91 Å². The van der Waals surface area contributed by atoms with Gasteiger partial charge in [0.1, 0.15) is 0 Å². The maximum absolute atomic E-state index is 13.8. The SMILES string of the molecule is COc1c(F)cc2c(c1F)C(=O)N(CBr)C2. The highest BCUT2D eigenvalue weighted by Crippen LogP contribution is 2.33. The minimum Gasteiger partial charge on any atom is -0.491 e. The summed E-state index contributed by atoms with van der Waals surface area (Å²) in [5.41, 5.74) is 0.530. The molecule has 0 fully saturated rings. The smallest absolute Gasteiger partial charge is 0.258 e. The van der Waals surface area contributed by atoms with E-state index in [2.05, 4.69) is 20.7 Å². The van der Waals surface area contributed by atoms with E-state index in [4.69, 9.17) is 0 Å². The minimum absolute atomic E-state index is 0.0994. The van der Waals surface area contributed by atoms with Crippen LogP contribution in [0.5, 0.6) is 5.75 Å². The molecule has 0 aliphatic carbocycles. The molecule has 0 bridgehead atoms. The lowest BCUT2D eigenvalue weighted by Gasteiger charge is -2.09. The first-order valence-corrected chi connectivity index (χ1v) is 5.62. The van der Waals surface area contributed by atoms with Gasteiger partial charge in [0, 0.05) is 6.54 Å². The number of hydrogen-bond acceptors (Lipinski definition) is 2. The summed E-state index contributed by atoms with van der Waals surface area (Å²) in [6, 6.07) is 1.14. The van der Waals surface area contributed by atoms with Crippen LogP contribution >= 0.6 is 15.9 Å². The summed E-state index contributed by atoms with van der Waals surface area (Å²) >= 11 is 3.11. The zero-order valence-corrected chi connectivity index (χ0v) is 9.98. The third-order valence-electron chi connectivity index (χ3n) is 2.47. The second-order valence-electron chi connectivity index (χ2n) is 3.36. The first-order valence-electron chi connectivity index (χ1n) is 4.50. The molecule has 0 atom stereocenters. The van der Waals surface area contributed by atoms with Gasteiger partial charge in [-0.15, -0.1) is 0 Å². The Hall–Kier alpha value is -1.17. The summed E-state index contributed by atoms with van der Waals surface area (Å²) in [6.07, 6.45) is 0. The maximum atomic E-state index is 13.8. The molecule has 1 aliphatic rings. The van der Waals surface area contributed by atoms with E-state index in [0.717, 1.165) is 13.2 Å². The molecule has 0 N–H and O–H groups in total. The molecule has 0 aromatic heterocycles. The topological polar surface area (TPSA) is 29.5 Å². The Bertz CT molecular complexity index is 465. The second kappa shape index (κ2) is 4.01. The number of amides is 1. The molecular formula is C10H8BrF2NO2. The summed E-state index contributed by atoms with van der Waals surface area (Å²) in [4.78, 5) is 13.1. The highest BCUT2D eigenvalue weighted by molar-refractivity contribution is 9.09. The van der Waals surface area contributed by atoms with Crippen LogP contribution in [0.3, 0.4) is 0 Å². The summed E-state index contributed by atoms with van der Waals surface area (Å²) in [6.45, 7) is 0.206. The summed E-state index contributed by atoms with van der Waals surface area (Å²) < 4.78 is 31.7. The highest BCUT2D eigenvalue weighted by Gasteiger charge is 2.33. The molecule has 0 spiro atoms. The molecule has 1 aromatic carbocycles. The van der Waals surface area contributed by atoms with E-state index in [-0.39, 0.29) is 17.6 Å². The predicted octanol–water partition coefficient (Wildman–Crippen LogP) is 2.28. The van der Waals surface area contributed by atoms with Crippen LogP contribution in [0.4, 0.5) is 8.78 Å². The number of fused-ring (bicyclic) bond motifs is 1. The number of methoxy groups -OCH3 is 1. The van der Waals surface area contributed by atoms with Crippen LogP contribution in [0.25, 0.3) is 0 Å². The fourth-order valence-electron chi connectivity index (χ4n) is 1.73. The van der Waals surface area contributed by atoms with Gasteiger partial charge in [-0.3, -0.25) is 4.79 Å². The van der Waals surface area contributed by atoms with E-state index in [1.807, 2.05) is 0 Å². The van der Waals surface area contributed by atoms with Crippen molar-refractivity contribution >= 4 is 21.8 Å². The third kappa shape index (κ3) is 1.48. The summed E-state index contributed by atoms with van der Waals surface area (Å²) in [7, 11) is 1.16. The molecule has 0 radical (unpaired) electrons. The number of nitrogens with zero attached hydrogens (tertiary/aromatic N) is 1. The molecule has 2 rings (SSSR count). The van der Waals surface area contributed by atoms with Crippen molar-refractivity contribution in [1.29, 1.82) is 0 Å². The zero-order valence-electron chi connectivity index (χ0n) is 8.39. The Balaban J connectivity index is 2.60. The van der Waals surface area contributed by atoms with E-state index in [9.17, 15) is 13.6 Å². The van der Waals surface area contributed by atoms with Crippen molar-refractivity contribution in [3.05, 3.63) is 28.8 Å². The Morgan fingerprint density at radius 1 is 1.56 bits per heavy atom. The monoisotopic (exact) mass is 291 g/mol. The van der Waals surface area contributed by atoms with Crippen LogP contribution in [-0.4, -0.2) is 23.4 Å². The number of ether oxygens (including phenoxy) is 1. The summed E-state index contributed by atoms with van der Waals surface area (Å²) in [5, 5.41) is 0. The Morgan fingerprint density at radius 3 is 2.81 bits per heavy atom. The largest absolute Gasteiger partial charge is 0.491 e. The van der Waals surface area contributed by atoms with Crippen LogP contribution in [-0.2, 0) is 6.54 Å². The molecule has 1 aliphatic heterocycles. The van der Waals surface area contributed by atoms with Crippen molar-refractivity contribution in [2.24, 2.45) is 0 Å². The molecule has 1 amide bonds. The number of hydrogen-bond donors (Lipinski definition) is 0. The van der Waals surface area contributed by atoms with Crippen molar-refractivity contribution in [3.63, 3.8) is 0 Å². The number of halogens is 3.